The smallest absolute Gasteiger partial charge is 0.387 e. The molecule has 0 aliphatic heterocycles. The molecule has 1 N–H and O–H groups in total. The molecule has 0 saturated carbocycles. The van der Waals surface area contributed by atoms with Gasteiger partial charge in [0.15, 0.2) is 5.82 Å². The van der Waals surface area contributed by atoms with Crippen LogP contribution in [0.3, 0.4) is 0 Å². The van der Waals surface area contributed by atoms with E-state index in [-0.39, 0.29) is 5.75 Å². The van der Waals surface area contributed by atoms with Crippen LogP contribution >= 0.6 is 34.9 Å². The zero-order valence-electron chi connectivity index (χ0n) is 16.0. The standard InChI is InChI=1S/C21H17ClF2N4OS2/c22-15-9-7-14(8-10-15)11-13-31-27-21-26-25-19(18-6-3-12-30-18)28(21)16-4-1-2-5-17(16)29-20(23)24/h1-10,12,20H,11,13H2,(H,26,27). The predicted molar refractivity (Wildman–Crippen MR) is 123 cm³/mol. The number of rotatable bonds is 9. The number of ether oxygens (including phenoxy) is 1. The number of nitrogens with one attached hydrogen (secondary N) is 1. The Morgan fingerprint density at radius 1 is 1.06 bits per heavy atom. The molecule has 160 valence electrons. The number of thiophene rings is 1. The Morgan fingerprint density at radius 3 is 2.61 bits per heavy atom. The lowest BCUT2D eigenvalue weighted by molar-refractivity contribution is -0.0498. The van der Waals surface area contributed by atoms with Crippen LogP contribution < -0.4 is 9.46 Å². The van der Waals surface area contributed by atoms with Crippen molar-refractivity contribution in [1.29, 1.82) is 0 Å². The maximum atomic E-state index is 13.0. The van der Waals surface area contributed by atoms with E-state index in [0.717, 1.165) is 22.6 Å². The number of hydrogen-bond donors (Lipinski definition) is 1. The van der Waals surface area contributed by atoms with E-state index in [2.05, 4.69) is 14.9 Å². The van der Waals surface area contributed by atoms with E-state index >= 15 is 0 Å². The number of alkyl halides is 2. The average Bonchev–Trinajstić information content (AvgIpc) is 3.42. The largest absolute Gasteiger partial charge is 0.433 e. The quantitative estimate of drug-likeness (QED) is 0.218. The molecule has 5 nitrogen and oxygen atoms in total. The molecule has 4 rings (SSSR count). The number of benzene rings is 2. The fourth-order valence-electron chi connectivity index (χ4n) is 2.92. The molecule has 4 aromatic rings. The molecule has 0 saturated heterocycles. The highest BCUT2D eigenvalue weighted by Gasteiger charge is 2.20. The van der Waals surface area contributed by atoms with Crippen LogP contribution in [-0.2, 0) is 6.42 Å². The first-order chi connectivity index (χ1) is 15.1. The molecule has 0 amide bonds. The predicted octanol–water partition coefficient (Wildman–Crippen LogP) is 6.55. The molecule has 0 bridgehead atoms. The molecule has 0 unspecified atom stereocenters. The number of aromatic nitrogens is 3. The van der Waals surface area contributed by atoms with Crippen molar-refractivity contribution in [3.63, 3.8) is 0 Å². The van der Waals surface area contributed by atoms with Gasteiger partial charge in [0, 0.05) is 10.8 Å². The second kappa shape index (κ2) is 10.1. The van der Waals surface area contributed by atoms with Gasteiger partial charge >= 0.3 is 6.61 Å². The third kappa shape index (κ3) is 5.36. The number of anilines is 1. The fraction of sp³-hybridized carbons (Fsp3) is 0.143. The van der Waals surface area contributed by atoms with Gasteiger partial charge in [-0.1, -0.05) is 41.9 Å². The average molecular weight is 479 g/mol. The van der Waals surface area contributed by atoms with E-state index in [0.29, 0.717) is 22.5 Å². The lowest BCUT2D eigenvalue weighted by Gasteiger charge is -2.15. The second-order valence-electron chi connectivity index (χ2n) is 6.33. The summed E-state index contributed by atoms with van der Waals surface area (Å²) in [5.41, 5.74) is 1.59. The number of nitrogens with zero attached hydrogens (tertiary/aromatic N) is 3. The second-order valence-corrected chi connectivity index (χ2v) is 8.62. The molecule has 0 aliphatic carbocycles. The number of aryl methyl sites for hydroxylation is 1. The summed E-state index contributed by atoms with van der Waals surface area (Å²) in [5.74, 6) is 1.78. The summed E-state index contributed by atoms with van der Waals surface area (Å²) in [6.45, 7) is -2.94. The summed E-state index contributed by atoms with van der Waals surface area (Å²) < 4.78 is 35.6. The first-order valence-corrected chi connectivity index (χ1v) is 11.5. The van der Waals surface area contributed by atoms with Gasteiger partial charge in [-0.3, -0.25) is 9.29 Å². The van der Waals surface area contributed by atoms with Crippen molar-refractivity contribution >= 4 is 40.8 Å². The van der Waals surface area contributed by atoms with E-state index in [1.165, 1.54) is 29.4 Å². The van der Waals surface area contributed by atoms with Gasteiger partial charge in [-0.25, -0.2) is 0 Å². The van der Waals surface area contributed by atoms with Crippen molar-refractivity contribution in [2.24, 2.45) is 0 Å². The van der Waals surface area contributed by atoms with E-state index < -0.39 is 6.61 Å². The normalized spacial score (nSPS) is 11.1. The van der Waals surface area contributed by atoms with Gasteiger partial charge in [-0.15, -0.1) is 21.5 Å². The molecule has 10 heteroatoms. The molecule has 0 spiro atoms. The van der Waals surface area contributed by atoms with Gasteiger partial charge in [0.05, 0.1) is 10.6 Å². The fourth-order valence-corrected chi connectivity index (χ4v) is 4.44. The topological polar surface area (TPSA) is 52.0 Å². The minimum Gasteiger partial charge on any atom is -0.433 e. The maximum Gasteiger partial charge on any atom is 0.387 e. The molecular formula is C21H17ClF2N4OS2. The van der Waals surface area contributed by atoms with Crippen molar-refractivity contribution < 1.29 is 13.5 Å². The van der Waals surface area contributed by atoms with Crippen molar-refractivity contribution in [1.82, 2.24) is 14.8 Å². The van der Waals surface area contributed by atoms with Gasteiger partial charge in [-0.2, -0.15) is 8.78 Å². The molecule has 2 aromatic carbocycles. The Kier molecular flexibility index (Phi) is 7.06. The number of halogens is 3. The Bertz CT molecular complexity index is 1120. The van der Waals surface area contributed by atoms with Gasteiger partial charge in [0.1, 0.15) is 5.75 Å². The van der Waals surface area contributed by atoms with Crippen molar-refractivity contribution in [3.05, 3.63) is 76.6 Å². The zero-order chi connectivity index (χ0) is 21.6. The summed E-state index contributed by atoms with van der Waals surface area (Å²) in [6.07, 6.45) is 0.825. The molecule has 0 radical (unpaired) electrons. The van der Waals surface area contributed by atoms with E-state index in [1.807, 2.05) is 41.8 Å². The van der Waals surface area contributed by atoms with Crippen molar-refractivity contribution in [2.45, 2.75) is 13.0 Å². The monoisotopic (exact) mass is 478 g/mol. The molecule has 0 atom stereocenters. The van der Waals surface area contributed by atoms with Gasteiger partial charge in [0.2, 0.25) is 5.95 Å². The Balaban J connectivity index is 1.58. The minimum atomic E-state index is -2.94. The lowest BCUT2D eigenvalue weighted by atomic mass is 10.2. The SMILES string of the molecule is FC(F)Oc1ccccc1-n1c(NSCCc2ccc(Cl)cc2)nnc1-c1cccs1. The van der Waals surface area contributed by atoms with Crippen LogP contribution in [0, 0.1) is 0 Å². The van der Waals surface area contributed by atoms with Gasteiger partial charge in [0.25, 0.3) is 0 Å². The highest BCUT2D eigenvalue weighted by atomic mass is 35.5. The van der Waals surface area contributed by atoms with Crippen LogP contribution in [0.5, 0.6) is 5.75 Å². The number of hydrogen-bond acceptors (Lipinski definition) is 6. The first kappa shape index (κ1) is 21.6. The third-order valence-electron chi connectivity index (χ3n) is 4.30. The summed E-state index contributed by atoms with van der Waals surface area (Å²) in [7, 11) is 0. The highest BCUT2D eigenvalue weighted by molar-refractivity contribution is 8.00. The Hall–Kier alpha value is -2.62. The van der Waals surface area contributed by atoms with Gasteiger partial charge in [-0.05, 0) is 59.6 Å². The Labute approximate surface area is 191 Å². The lowest BCUT2D eigenvalue weighted by Crippen LogP contribution is -2.08. The molecular weight excluding hydrogens is 462 g/mol. The highest BCUT2D eigenvalue weighted by Crippen LogP contribution is 2.34. The van der Waals surface area contributed by atoms with Crippen molar-refractivity contribution in [2.75, 3.05) is 10.5 Å². The van der Waals surface area contributed by atoms with Crippen LogP contribution in [0.25, 0.3) is 16.4 Å². The summed E-state index contributed by atoms with van der Waals surface area (Å²) in [5, 5.41) is 11.2. The molecule has 2 aromatic heterocycles. The third-order valence-corrected chi connectivity index (χ3v) is 6.15. The summed E-state index contributed by atoms with van der Waals surface area (Å²) >= 11 is 8.87. The molecule has 31 heavy (non-hydrogen) atoms. The Morgan fingerprint density at radius 2 is 1.87 bits per heavy atom. The molecule has 0 fully saturated rings. The maximum absolute atomic E-state index is 13.0. The molecule has 2 heterocycles. The van der Waals surface area contributed by atoms with Crippen LogP contribution in [0.2, 0.25) is 5.02 Å². The van der Waals surface area contributed by atoms with Crippen LogP contribution in [0.15, 0.2) is 66.0 Å². The van der Waals surface area contributed by atoms with Crippen LogP contribution in [-0.4, -0.2) is 27.1 Å². The van der Waals surface area contributed by atoms with Crippen LogP contribution in [0.4, 0.5) is 14.7 Å². The van der Waals surface area contributed by atoms with E-state index in [4.69, 9.17) is 16.3 Å². The first-order valence-electron chi connectivity index (χ1n) is 9.27. The van der Waals surface area contributed by atoms with E-state index in [1.54, 1.807) is 22.8 Å². The van der Waals surface area contributed by atoms with E-state index in [9.17, 15) is 8.78 Å². The summed E-state index contributed by atoms with van der Waals surface area (Å²) in [6, 6.07) is 18.1. The minimum absolute atomic E-state index is 0.0457. The van der Waals surface area contributed by atoms with Crippen molar-refractivity contribution in [3.8, 4) is 22.1 Å². The number of para-hydroxylation sites is 2. The summed E-state index contributed by atoms with van der Waals surface area (Å²) in [4.78, 5) is 0.860. The van der Waals surface area contributed by atoms with Crippen LogP contribution in [0.1, 0.15) is 5.56 Å². The molecule has 0 aliphatic rings. The van der Waals surface area contributed by atoms with Gasteiger partial charge < -0.3 is 4.74 Å². The zero-order valence-corrected chi connectivity index (χ0v) is 18.4.